The molecule has 0 aliphatic carbocycles. The fourth-order valence-electron chi connectivity index (χ4n) is 2.05. The molecule has 0 aromatic rings. The molecule has 0 spiro atoms. The third kappa shape index (κ3) is 8.81. The van der Waals surface area contributed by atoms with Crippen molar-refractivity contribution >= 4 is 13.6 Å². The first kappa shape index (κ1) is 23.1. The molecule has 0 rings (SSSR count). The molecule has 0 saturated heterocycles. The Hall–Kier alpha value is -0.900. The first-order valence-corrected chi connectivity index (χ1v) is 10.2. The van der Waals surface area contributed by atoms with Crippen molar-refractivity contribution in [3.8, 4) is 0 Å². The van der Waals surface area contributed by atoms with Crippen molar-refractivity contribution in [3.63, 3.8) is 0 Å². The fraction of sp³-hybridized carbons (Fsp3) is 0.722. The van der Waals surface area contributed by atoms with E-state index >= 15 is 0 Å². The van der Waals surface area contributed by atoms with E-state index in [0.29, 0.717) is 0 Å². The zero-order chi connectivity index (χ0) is 18.8. The molecule has 0 radical (unpaired) electrons. The van der Waals surface area contributed by atoms with Gasteiger partial charge in [-0.2, -0.15) is 0 Å². The number of hydrogen-bond donors (Lipinski definition) is 0. The van der Waals surface area contributed by atoms with Crippen molar-refractivity contribution in [1.29, 1.82) is 0 Å². The summed E-state index contributed by atoms with van der Waals surface area (Å²) in [6, 6.07) is 0. The van der Waals surface area contributed by atoms with E-state index in [1.807, 2.05) is 20.8 Å². The SMILES string of the molecule is CCOP(=O)(OCC)/C(=C/C(C)CCC=C(C)C)C(=O)OC(C)C. The highest BCUT2D eigenvalue weighted by Gasteiger charge is 2.36. The molecule has 0 aromatic carbocycles. The molecule has 0 N–H and O–H groups in total. The van der Waals surface area contributed by atoms with E-state index in [0.717, 1.165) is 12.8 Å². The van der Waals surface area contributed by atoms with Gasteiger partial charge in [0.2, 0.25) is 0 Å². The molecule has 140 valence electrons. The van der Waals surface area contributed by atoms with Crippen LogP contribution in [-0.4, -0.2) is 25.3 Å². The summed E-state index contributed by atoms with van der Waals surface area (Å²) in [7, 11) is -3.68. The van der Waals surface area contributed by atoms with Gasteiger partial charge < -0.3 is 13.8 Å². The van der Waals surface area contributed by atoms with Crippen LogP contribution in [0, 0.1) is 5.92 Å². The molecule has 6 heteroatoms. The molecule has 0 bridgehead atoms. The molecule has 0 heterocycles. The van der Waals surface area contributed by atoms with E-state index in [2.05, 4.69) is 6.08 Å². The Balaban J connectivity index is 5.51. The molecule has 0 saturated carbocycles. The Kier molecular flexibility index (Phi) is 11.2. The highest BCUT2D eigenvalue weighted by Crippen LogP contribution is 2.56. The van der Waals surface area contributed by atoms with Crippen LogP contribution < -0.4 is 0 Å². The maximum absolute atomic E-state index is 13.0. The molecule has 1 atom stereocenters. The van der Waals surface area contributed by atoms with Crippen molar-refractivity contribution in [2.24, 2.45) is 5.92 Å². The van der Waals surface area contributed by atoms with Gasteiger partial charge in [0.15, 0.2) is 0 Å². The zero-order valence-electron chi connectivity index (χ0n) is 16.1. The van der Waals surface area contributed by atoms with Crippen LogP contribution >= 0.6 is 7.60 Å². The van der Waals surface area contributed by atoms with Crippen molar-refractivity contribution in [2.45, 2.75) is 67.4 Å². The van der Waals surface area contributed by atoms with E-state index in [1.165, 1.54) is 5.57 Å². The second kappa shape index (κ2) is 11.6. The minimum atomic E-state index is -3.68. The molecule has 0 aromatic heterocycles. The first-order valence-electron chi connectivity index (χ1n) is 8.62. The van der Waals surface area contributed by atoms with Crippen LogP contribution in [0.2, 0.25) is 0 Å². The predicted molar refractivity (Wildman–Crippen MR) is 98.0 cm³/mol. The number of carbonyl (C=O) groups excluding carboxylic acids is 1. The maximum Gasteiger partial charge on any atom is 0.368 e. The maximum atomic E-state index is 13.0. The van der Waals surface area contributed by atoms with Crippen molar-refractivity contribution in [1.82, 2.24) is 0 Å². The quantitative estimate of drug-likeness (QED) is 0.212. The predicted octanol–water partition coefficient (Wildman–Crippen LogP) is 5.47. The van der Waals surface area contributed by atoms with Gasteiger partial charge in [-0.25, -0.2) is 4.79 Å². The van der Waals surface area contributed by atoms with Crippen LogP contribution in [0.25, 0.3) is 0 Å². The van der Waals surface area contributed by atoms with Crippen molar-refractivity contribution < 1.29 is 23.1 Å². The van der Waals surface area contributed by atoms with E-state index < -0.39 is 13.6 Å². The standard InChI is InChI=1S/C18H33O5P/c1-8-21-24(20,22-9-2)17(18(19)23-15(5)6)13-16(7)12-10-11-14(3)4/h11,13,15-16H,8-10,12H2,1-7H3/b17-13+. The molecule has 0 aliphatic heterocycles. The first-order chi connectivity index (χ1) is 11.2. The summed E-state index contributed by atoms with van der Waals surface area (Å²) in [5.74, 6) is -0.589. The summed E-state index contributed by atoms with van der Waals surface area (Å²) < 4.78 is 28.9. The average molecular weight is 360 g/mol. The molecular formula is C18H33O5P. The second-order valence-corrected chi connectivity index (χ2v) is 8.17. The summed E-state index contributed by atoms with van der Waals surface area (Å²) in [6.45, 7) is 13.4. The summed E-state index contributed by atoms with van der Waals surface area (Å²) in [5.41, 5.74) is 1.25. The van der Waals surface area contributed by atoms with E-state index in [1.54, 1.807) is 33.8 Å². The lowest BCUT2D eigenvalue weighted by Gasteiger charge is -2.21. The van der Waals surface area contributed by atoms with Gasteiger partial charge in [-0.3, -0.25) is 4.57 Å². The van der Waals surface area contributed by atoms with E-state index in [4.69, 9.17) is 13.8 Å². The van der Waals surface area contributed by atoms with Crippen LogP contribution in [0.5, 0.6) is 0 Å². The Morgan fingerprint density at radius 3 is 2.04 bits per heavy atom. The van der Waals surface area contributed by atoms with Gasteiger partial charge in [-0.05, 0) is 60.3 Å². The van der Waals surface area contributed by atoms with Crippen molar-refractivity contribution in [2.75, 3.05) is 13.2 Å². The van der Waals surface area contributed by atoms with Gasteiger partial charge in [0.1, 0.15) is 5.31 Å². The minimum Gasteiger partial charge on any atom is -0.459 e. The summed E-state index contributed by atoms with van der Waals surface area (Å²) in [6.07, 6.45) is 5.23. The molecule has 0 fully saturated rings. The smallest absolute Gasteiger partial charge is 0.368 e. The zero-order valence-corrected chi connectivity index (χ0v) is 17.0. The van der Waals surface area contributed by atoms with Crippen LogP contribution in [0.1, 0.15) is 61.3 Å². The summed E-state index contributed by atoms with van der Waals surface area (Å²) >= 11 is 0. The number of ether oxygens (including phenoxy) is 1. The van der Waals surface area contributed by atoms with E-state index in [-0.39, 0.29) is 30.5 Å². The van der Waals surface area contributed by atoms with Gasteiger partial charge in [0, 0.05) is 0 Å². The number of esters is 1. The van der Waals surface area contributed by atoms with E-state index in [9.17, 15) is 9.36 Å². The van der Waals surface area contributed by atoms with Crippen LogP contribution in [0.3, 0.4) is 0 Å². The van der Waals surface area contributed by atoms with Crippen molar-refractivity contribution in [3.05, 3.63) is 23.0 Å². The van der Waals surface area contributed by atoms with Crippen LogP contribution in [0.4, 0.5) is 0 Å². The molecule has 1 unspecified atom stereocenters. The van der Waals surface area contributed by atoms with Gasteiger partial charge in [-0.15, -0.1) is 0 Å². The molecular weight excluding hydrogens is 327 g/mol. The molecule has 24 heavy (non-hydrogen) atoms. The monoisotopic (exact) mass is 360 g/mol. The molecule has 0 aliphatic rings. The van der Waals surface area contributed by atoms with Gasteiger partial charge in [0.05, 0.1) is 19.3 Å². The van der Waals surface area contributed by atoms with Gasteiger partial charge in [0.25, 0.3) is 0 Å². The highest BCUT2D eigenvalue weighted by atomic mass is 31.2. The number of rotatable bonds is 11. The number of carbonyl (C=O) groups is 1. The second-order valence-electron chi connectivity index (χ2n) is 6.18. The van der Waals surface area contributed by atoms with Crippen LogP contribution in [0.15, 0.2) is 23.0 Å². The fourth-order valence-corrected chi connectivity index (χ4v) is 3.80. The lowest BCUT2D eigenvalue weighted by Crippen LogP contribution is -2.16. The third-order valence-electron chi connectivity index (χ3n) is 3.06. The van der Waals surface area contributed by atoms with Crippen LogP contribution in [-0.2, 0) is 23.1 Å². The Labute approximate surface area is 147 Å². The normalized spacial score (nSPS) is 13.8. The van der Waals surface area contributed by atoms with Gasteiger partial charge >= 0.3 is 13.6 Å². The third-order valence-corrected chi connectivity index (χ3v) is 5.18. The number of hydrogen-bond acceptors (Lipinski definition) is 5. The number of allylic oxidation sites excluding steroid dienone is 3. The highest BCUT2D eigenvalue weighted by molar-refractivity contribution is 7.59. The Morgan fingerprint density at radius 1 is 1.08 bits per heavy atom. The lowest BCUT2D eigenvalue weighted by molar-refractivity contribution is -0.142. The molecule has 5 nitrogen and oxygen atoms in total. The molecule has 0 amide bonds. The topological polar surface area (TPSA) is 61.8 Å². The lowest BCUT2D eigenvalue weighted by atomic mass is 10.0. The minimum absolute atomic E-state index is 0.00426. The Bertz CT molecular complexity index is 480. The summed E-state index contributed by atoms with van der Waals surface area (Å²) in [4.78, 5) is 12.4. The summed E-state index contributed by atoms with van der Waals surface area (Å²) in [5, 5.41) is 0.00426. The largest absolute Gasteiger partial charge is 0.459 e. The average Bonchev–Trinajstić information content (AvgIpc) is 2.43. The Morgan fingerprint density at radius 2 is 1.62 bits per heavy atom. The van der Waals surface area contributed by atoms with Gasteiger partial charge in [-0.1, -0.05) is 24.6 Å².